The number of carbonyl (C=O) groups is 2. The molecule has 3 N–H and O–H groups in total. The second-order valence-corrected chi connectivity index (χ2v) is 8.05. The smallest absolute Gasteiger partial charge is 0.329 e. The highest BCUT2D eigenvalue weighted by molar-refractivity contribution is 6.39. The van der Waals surface area contributed by atoms with Crippen molar-refractivity contribution in [3.8, 4) is 0 Å². The van der Waals surface area contributed by atoms with Gasteiger partial charge in [-0.25, -0.2) is 5.43 Å². The Bertz CT molecular complexity index is 1140. The lowest BCUT2D eigenvalue weighted by Crippen LogP contribution is -2.32. The molecule has 0 aromatic heterocycles. The minimum Gasteiger partial charge on any atom is -0.355 e. The van der Waals surface area contributed by atoms with Crippen molar-refractivity contribution in [3.05, 3.63) is 88.4 Å². The molecule has 6 nitrogen and oxygen atoms in total. The number of hydrazone groups is 1. The summed E-state index contributed by atoms with van der Waals surface area (Å²) in [6.45, 7) is 6.05. The van der Waals surface area contributed by atoms with Crippen molar-refractivity contribution < 1.29 is 9.59 Å². The molecular formula is C25H25ClN4O2. The van der Waals surface area contributed by atoms with Gasteiger partial charge < -0.3 is 10.6 Å². The van der Waals surface area contributed by atoms with Crippen LogP contribution in [0.5, 0.6) is 0 Å². The Morgan fingerprint density at radius 2 is 1.66 bits per heavy atom. The Hall–Kier alpha value is -3.64. The van der Waals surface area contributed by atoms with E-state index in [4.69, 9.17) is 11.6 Å². The molecule has 164 valence electrons. The summed E-state index contributed by atoms with van der Waals surface area (Å²) in [5.41, 5.74) is 7.29. The van der Waals surface area contributed by atoms with Crippen LogP contribution in [-0.4, -0.2) is 18.0 Å². The van der Waals surface area contributed by atoms with Gasteiger partial charge in [0.25, 0.3) is 0 Å². The number of hydrogen-bond donors (Lipinski definition) is 3. The molecule has 0 heterocycles. The molecule has 0 bridgehead atoms. The molecule has 7 heteroatoms. The van der Waals surface area contributed by atoms with E-state index >= 15 is 0 Å². The minimum atomic E-state index is -0.866. The number of benzene rings is 3. The van der Waals surface area contributed by atoms with Crippen LogP contribution < -0.4 is 16.1 Å². The van der Waals surface area contributed by atoms with E-state index in [-0.39, 0.29) is 5.92 Å². The van der Waals surface area contributed by atoms with Crippen LogP contribution in [0.4, 0.5) is 17.1 Å². The molecule has 0 fully saturated rings. The summed E-state index contributed by atoms with van der Waals surface area (Å²) in [5.74, 6) is -1.45. The summed E-state index contributed by atoms with van der Waals surface area (Å²) in [4.78, 5) is 24.5. The first-order valence-electron chi connectivity index (χ1n) is 10.2. The van der Waals surface area contributed by atoms with Crippen LogP contribution in [0.1, 0.15) is 36.5 Å². The summed E-state index contributed by atoms with van der Waals surface area (Å²) in [6.07, 6.45) is 1.44. The molecule has 3 rings (SSSR count). The predicted molar refractivity (Wildman–Crippen MR) is 131 cm³/mol. The van der Waals surface area contributed by atoms with Crippen molar-refractivity contribution in [1.82, 2.24) is 5.43 Å². The molecule has 0 aliphatic heterocycles. The number of amides is 2. The fraction of sp³-hybridized carbons (Fsp3) is 0.160. The fourth-order valence-corrected chi connectivity index (χ4v) is 3.23. The Kier molecular flexibility index (Phi) is 7.63. The van der Waals surface area contributed by atoms with Crippen LogP contribution in [0.3, 0.4) is 0 Å². The normalized spacial score (nSPS) is 10.9. The minimum absolute atomic E-state index is 0.204. The molecule has 0 radical (unpaired) electrons. The lowest BCUT2D eigenvalue weighted by Gasteiger charge is -2.13. The van der Waals surface area contributed by atoms with Gasteiger partial charge in [-0.05, 0) is 54.8 Å². The van der Waals surface area contributed by atoms with Gasteiger partial charge in [0.2, 0.25) is 0 Å². The first kappa shape index (κ1) is 23.0. The molecule has 0 aliphatic rings. The maximum absolute atomic E-state index is 12.3. The van der Waals surface area contributed by atoms with Crippen molar-refractivity contribution >= 4 is 46.7 Å². The van der Waals surface area contributed by atoms with Gasteiger partial charge in [-0.3, -0.25) is 9.59 Å². The second-order valence-electron chi connectivity index (χ2n) is 7.62. The zero-order valence-electron chi connectivity index (χ0n) is 18.1. The third-order valence-electron chi connectivity index (χ3n) is 4.75. The number of para-hydroxylation sites is 1. The van der Waals surface area contributed by atoms with E-state index in [0.717, 1.165) is 22.5 Å². The Morgan fingerprint density at radius 3 is 2.38 bits per heavy atom. The molecule has 0 saturated carbocycles. The van der Waals surface area contributed by atoms with Crippen LogP contribution in [0, 0.1) is 6.92 Å². The monoisotopic (exact) mass is 448 g/mol. The summed E-state index contributed by atoms with van der Waals surface area (Å²) >= 11 is 6.12. The van der Waals surface area contributed by atoms with Gasteiger partial charge in [0.05, 0.1) is 6.21 Å². The highest BCUT2D eigenvalue weighted by Gasteiger charge is 2.15. The molecule has 3 aromatic rings. The number of rotatable bonds is 6. The zero-order valence-corrected chi connectivity index (χ0v) is 18.9. The van der Waals surface area contributed by atoms with Crippen molar-refractivity contribution in [2.24, 2.45) is 5.10 Å². The average molecular weight is 449 g/mol. The van der Waals surface area contributed by atoms with Crippen LogP contribution in [-0.2, 0) is 9.59 Å². The van der Waals surface area contributed by atoms with E-state index in [1.807, 2.05) is 63.2 Å². The molecule has 2 amide bonds. The Morgan fingerprint density at radius 1 is 0.938 bits per heavy atom. The zero-order chi connectivity index (χ0) is 23.1. The molecule has 0 saturated heterocycles. The topological polar surface area (TPSA) is 82.6 Å². The third-order valence-corrected chi connectivity index (χ3v) is 4.99. The Balaban J connectivity index is 1.67. The number of halogens is 1. The predicted octanol–water partition coefficient (Wildman–Crippen LogP) is 5.60. The average Bonchev–Trinajstić information content (AvgIpc) is 2.77. The van der Waals surface area contributed by atoms with E-state index < -0.39 is 11.8 Å². The number of nitrogens with one attached hydrogen (secondary N) is 3. The van der Waals surface area contributed by atoms with Crippen molar-refractivity contribution in [1.29, 1.82) is 0 Å². The number of anilines is 3. The molecule has 0 aliphatic carbocycles. The largest absolute Gasteiger partial charge is 0.355 e. The molecule has 0 atom stereocenters. The highest BCUT2D eigenvalue weighted by atomic mass is 35.5. The van der Waals surface area contributed by atoms with E-state index in [1.165, 1.54) is 6.21 Å². The number of nitrogens with zero attached hydrogens (tertiary/aromatic N) is 1. The molecular weight excluding hydrogens is 424 g/mol. The van der Waals surface area contributed by atoms with Crippen LogP contribution in [0.25, 0.3) is 0 Å². The molecule has 3 aromatic carbocycles. The van der Waals surface area contributed by atoms with Crippen LogP contribution in [0.15, 0.2) is 71.8 Å². The van der Waals surface area contributed by atoms with Gasteiger partial charge in [-0.1, -0.05) is 61.3 Å². The number of aryl methyl sites for hydroxylation is 1. The number of hydrogen-bond acceptors (Lipinski definition) is 4. The maximum Gasteiger partial charge on any atom is 0.329 e. The summed E-state index contributed by atoms with van der Waals surface area (Å²) in [6, 6.07) is 20.6. The van der Waals surface area contributed by atoms with Gasteiger partial charge in [0, 0.05) is 27.6 Å². The lowest BCUT2D eigenvalue weighted by molar-refractivity contribution is -0.136. The SMILES string of the molecule is Cc1ccc(Nc2ccc(Cl)cc2/C=N\NC(=O)C(=O)Nc2ccccc2C(C)C)cc1. The van der Waals surface area contributed by atoms with Gasteiger partial charge in [0.15, 0.2) is 0 Å². The molecule has 32 heavy (non-hydrogen) atoms. The van der Waals surface area contributed by atoms with E-state index in [1.54, 1.807) is 24.3 Å². The van der Waals surface area contributed by atoms with Crippen LogP contribution in [0.2, 0.25) is 5.02 Å². The molecule has 0 spiro atoms. The van der Waals surface area contributed by atoms with Gasteiger partial charge in [-0.15, -0.1) is 0 Å². The van der Waals surface area contributed by atoms with Gasteiger partial charge >= 0.3 is 11.8 Å². The highest BCUT2D eigenvalue weighted by Crippen LogP contribution is 2.24. The maximum atomic E-state index is 12.3. The summed E-state index contributed by atoms with van der Waals surface area (Å²) in [7, 11) is 0. The number of carbonyl (C=O) groups excluding carboxylic acids is 2. The van der Waals surface area contributed by atoms with Crippen LogP contribution >= 0.6 is 11.6 Å². The third kappa shape index (κ3) is 6.18. The fourth-order valence-electron chi connectivity index (χ4n) is 3.05. The first-order valence-corrected chi connectivity index (χ1v) is 10.6. The van der Waals surface area contributed by atoms with Crippen molar-refractivity contribution in [3.63, 3.8) is 0 Å². The van der Waals surface area contributed by atoms with E-state index in [2.05, 4.69) is 21.2 Å². The lowest BCUT2D eigenvalue weighted by atomic mass is 10.0. The first-order chi connectivity index (χ1) is 15.3. The summed E-state index contributed by atoms with van der Waals surface area (Å²) < 4.78 is 0. The van der Waals surface area contributed by atoms with Gasteiger partial charge in [0.1, 0.15) is 0 Å². The van der Waals surface area contributed by atoms with Crippen molar-refractivity contribution in [2.45, 2.75) is 26.7 Å². The summed E-state index contributed by atoms with van der Waals surface area (Å²) in [5, 5.41) is 10.4. The van der Waals surface area contributed by atoms with Crippen molar-refractivity contribution in [2.75, 3.05) is 10.6 Å². The van der Waals surface area contributed by atoms with E-state index in [0.29, 0.717) is 16.3 Å². The second kappa shape index (κ2) is 10.6. The van der Waals surface area contributed by atoms with E-state index in [9.17, 15) is 9.59 Å². The Labute approximate surface area is 192 Å². The standard InChI is InChI=1S/C25H25ClN4O2/c1-16(2)21-6-4-5-7-23(21)29-24(31)25(32)30-27-15-18-14-19(26)10-13-22(18)28-20-11-8-17(3)9-12-20/h4-16,28H,1-3H3,(H,29,31)(H,30,32)/b27-15-. The van der Waals surface area contributed by atoms with Gasteiger partial charge in [-0.2, -0.15) is 5.10 Å². The molecule has 0 unspecified atom stereocenters. The quantitative estimate of drug-likeness (QED) is 0.260.